The topological polar surface area (TPSA) is 30.6 Å². The average molecular weight is 369 g/mol. The number of pyridine rings is 1. The molecule has 138 valence electrons. The van der Waals surface area contributed by atoms with Crippen molar-refractivity contribution in [3.63, 3.8) is 0 Å². The highest BCUT2D eigenvalue weighted by molar-refractivity contribution is 6.04. The molecule has 0 amide bonds. The number of benzene rings is 2. The highest BCUT2D eigenvalue weighted by atomic mass is 16.5. The van der Waals surface area contributed by atoms with Crippen LogP contribution < -0.4 is 9.30 Å². The monoisotopic (exact) mass is 369 g/mol. The van der Waals surface area contributed by atoms with Gasteiger partial charge in [-0.25, -0.2) is 6.57 Å². The van der Waals surface area contributed by atoms with Gasteiger partial charge in [-0.2, -0.15) is 4.57 Å². The number of fused-ring (bicyclic) bond motifs is 3. The van der Waals surface area contributed by atoms with Crippen molar-refractivity contribution in [3.8, 4) is 22.8 Å². The Bertz CT molecular complexity index is 1320. The van der Waals surface area contributed by atoms with Gasteiger partial charge >= 0.3 is 0 Å². The zero-order chi connectivity index (χ0) is 19.6. The second-order valence-electron chi connectivity index (χ2n) is 8.17. The number of hydrogen-bond acceptors (Lipinski definition) is 2. The smallest absolute Gasteiger partial charge is 0.257 e. The summed E-state index contributed by atoms with van der Waals surface area (Å²) in [5.74, 6) is 1.66. The fourth-order valence-electron chi connectivity index (χ4n) is 4.29. The number of aryl methyl sites for hydroxylation is 2. The molecule has 4 nitrogen and oxygen atoms in total. The molecular weight excluding hydrogens is 348 g/mol. The SMILES string of the molecule is [C-]#[N+]C(C)(C)Cc1c2c([n+](C)c3ccoc13)-c1c(C)ccc3cccc(c13)O2. The van der Waals surface area contributed by atoms with Crippen LogP contribution in [0, 0.1) is 13.5 Å². The largest absolute Gasteiger partial charge is 0.457 e. The first-order chi connectivity index (χ1) is 13.4. The van der Waals surface area contributed by atoms with Gasteiger partial charge < -0.3 is 14.0 Å². The lowest BCUT2D eigenvalue weighted by Crippen LogP contribution is -2.34. The number of aromatic nitrogens is 1. The van der Waals surface area contributed by atoms with Gasteiger partial charge in [0.25, 0.3) is 11.2 Å². The van der Waals surface area contributed by atoms with Crippen LogP contribution in [0.25, 0.3) is 38.0 Å². The maximum absolute atomic E-state index is 7.60. The van der Waals surface area contributed by atoms with Crippen molar-refractivity contribution in [1.82, 2.24) is 0 Å². The van der Waals surface area contributed by atoms with Crippen LogP contribution in [0.1, 0.15) is 25.0 Å². The standard InChI is InChI=1S/C24H21N2O2/c1-14-9-10-15-7-6-8-18-20(15)19(14)21-23(28-18)16(13-24(2,3)25-4)22-17(26(21)5)11-12-27-22/h6-12H,13H2,1-3,5H3/q+1. The Hall–Kier alpha value is -3.32. The zero-order valence-corrected chi connectivity index (χ0v) is 16.5. The van der Waals surface area contributed by atoms with E-state index >= 15 is 0 Å². The molecule has 5 rings (SSSR count). The number of nitrogens with zero attached hydrogens (tertiary/aromatic N) is 2. The molecule has 0 bridgehead atoms. The van der Waals surface area contributed by atoms with Crippen molar-refractivity contribution < 1.29 is 13.7 Å². The van der Waals surface area contributed by atoms with E-state index in [2.05, 4.69) is 41.6 Å². The molecule has 0 fully saturated rings. The maximum Gasteiger partial charge on any atom is 0.257 e. The summed E-state index contributed by atoms with van der Waals surface area (Å²) in [5.41, 5.74) is 5.66. The lowest BCUT2D eigenvalue weighted by Gasteiger charge is -2.23. The first-order valence-corrected chi connectivity index (χ1v) is 9.42. The van der Waals surface area contributed by atoms with Crippen molar-refractivity contribution in [2.45, 2.75) is 32.7 Å². The predicted octanol–water partition coefficient (Wildman–Crippen LogP) is 5.73. The van der Waals surface area contributed by atoms with Crippen LogP contribution in [0.4, 0.5) is 0 Å². The Morgan fingerprint density at radius 1 is 1.14 bits per heavy atom. The molecule has 0 unspecified atom stereocenters. The van der Waals surface area contributed by atoms with E-state index < -0.39 is 5.54 Å². The van der Waals surface area contributed by atoms with Gasteiger partial charge in [0, 0.05) is 25.3 Å². The molecule has 1 aliphatic rings. The highest BCUT2D eigenvalue weighted by Crippen LogP contribution is 2.49. The van der Waals surface area contributed by atoms with Gasteiger partial charge in [0.2, 0.25) is 16.9 Å². The third kappa shape index (κ3) is 2.20. The quantitative estimate of drug-likeness (QED) is 0.294. The summed E-state index contributed by atoms with van der Waals surface area (Å²) < 4.78 is 14.5. The molecule has 3 heterocycles. The fraction of sp³-hybridized carbons (Fsp3) is 0.250. The molecular formula is C24H21N2O2+. The van der Waals surface area contributed by atoms with Crippen LogP contribution in [-0.4, -0.2) is 5.54 Å². The Labute approximate surface area is 163 Å². The maximum atomic E-state index is 7.60. The van der Waals surface area contributed by atoms with Crippen LogP contribution >= 0.6 is 0 Å². The Morgan fingerprint density at radius 2 is 1.96 bits per heavy atom. The van der Waals surface area contributed by atoms with Crippen molar-refractivity contribution in [2.24, 2.45) is 7.05 Å². The second-order valence-corrected chi connectivity index (χ2v) is 8.17. The van der Waals surface area contributed by atoms with Gasteiger partial charge in [-0.3, -0.25) is 0 Å². The van der Waals surface area contributed by atoms with E-state index in [1.807, 2.05) is 32.0 Å². The lowest BCUT2D eigenvalue weighted by atomic mass is 9.89. The summed E-state index contributed by atoms with van der Waals surface area (Å²) >= 11 is 0. The summed E-state index contributed by atoms with van der Waals surface area (Å²) in [6.45, 7) is 13.7. The summed E-state index contributed by atoms with van der Waals surface area (Å²) in [6, 6.07) is 12.5. The number of rotatable bonds is 2. The lowest BCUT2D eigenvalue weighted by molar-refractivity contribution is -0.633. The molecule has 0 atom stereocenters. The Balaban J connectivity index is 1.95. The van der Waals surface area contributed by atoms with Gasteiger partial charge in [-0.1, -0.05) is 24.3 Å². The van der Waals surface area contributed by atoms with E-state index in [-0.39, 0.29) is 0 Å². The van der Waals surface area contributed by atoms with Crippen LogP contribution in [0.5, 0.6) is 11.5 Å². The molecule has 1 aliphatic heterocycles. The van der Waals surface area contributed by atoms with Crippen molar-refractivity contribution in [1.29, 1.82) is 0 Å². The van der Waals surface area contributed by atoms with Gasteiger partial charge in [0.05, 0.1) is 23.8 Å². The van der Waals surface area contributed by atoms with Crippen LogP contribution in [0.15, 0.2) is 47.1 Å². The number of ether oxygens (including phenoxy) is 1. The molecule has 4 heteroatoms. The molecule has 0 saturated heterocycles. The van der Waals surface area contributed by atoms with E-state index in [0.717, 1.165) is 39.2 Å². The molecule has 0 saturated carbocycles. The van der Waals surface area contributed by atoms with Crippen molar-refractivity contribution in [3.05, 3.63) is 65.2 Å². The molecule has 4 aromatic rings. The normalized spacial score (nSPS) is 12.7. The predicted molar refractivity (Wildman–Crippen MR) is 110 cm³/mol. The molecule has 2 aromatic heterocycles. The molecule has 28 heavy (non-hydrogen) atoms. The zero-order valence-electron chi connectivity index (χ0n) is 16.5. The van der Waals surface area contributed by atoms with E-state index in [1.165, 1.54) is 16.5 Å². The van der Waals surface area contributed by atoms with Crippen molar-refractivity contribution in [2.75, 3.05) is 0 Å². The van der Waals surface area contributed by atoms with E-state index in [9.17, 15) is 0 Å². The van der Waals surface area contributed by atoms with Crippen LogP contribution in [0.3, 0.4) is 0 Å². The number of hydrogen-bond donors (Lipinski definition) is 0. The molecule has 2 aromatic carbocycles. The minimum Gasteiger partial charge on any atom is -0.457 e. The summed E-state index contributed by atoms with van der Waals surface area (Å²) in [7, 11) is 2.05. The van der Waals surface area contributed by atoms with Crippen LogP contribution in [-0.2, 0) is 13.5 Å². The Kier molecular flexibility index (Phi) is 3.36. The second kappa shape index (κ2) is 5.59. The van der Waals surface area contributed by atoms with E-state index in [4.69, 9.17) is 15.7 Å². The number of furan rings is 1. The third-order valence-electron chi connectivity index (χ3n) is 5.68. The van der Waals surface area contributed by atoms with Gasteiger partial charge in [-0.15, -0.1) is 0 Å². The highest BCUT2D eigenvalue weighted by Gasteiger charge is 2.38. The average Bonchev–Trinajstić information content (AvgIpc) is 3.17. The van der Waals surface area contributed by atoms with E-state index in [0.29, 0.717) is 6.42 Å². The van der Waals surface area contributed by atoms with Gasteiger partial charge in [0.15, 0.2) is 0 Å². The molecule has 0 spiro atoms. The molecule has 0 radical (unpaired) electrons. The summed E-state index contributed by atoms with van der Waals surface area (Å²) in [5, 5.41) is 2.31. The van der Waals surface area contributed by atoms with Crippen LogP contribution in [0.2, 0.25) is 0 Å². The summed E-state index contributed by atoms with van der Waals surface area (Å²) in [6.07, 6.45) is 2.27. The molecule has 0 N–H and O–H groups in total. The third-order valence-corrected chi connectivity index (χ3v) is 5.68. The molecule has 0 aliphatic carbocycles. The Morgan fingerprint density at radius 3 is 2.75 bits per heavy atom. The first-order valence-electron chi connectivity index (χ1n) is 9.42. The van der Waals surface area contributed by atoms with Gasteiger partial charge in [0.1, 0.15) is 12.8 Å². The minimum absolute atomic E-state index is 0.547. The fourth-order valence-corrected chi connectivity index (χ4v) is 4.29. The summed E-state index contributed by atoms with van der Waals surface area (Å²) in [4.78, 5) is 3.82. The van der Waals surface area contributed by atoms with Gasteiger partial charge in [-0.05, 0) is 23.9 Å². The van der Waals surface area contributed by atoms with Crippen molar-refractivity contribution >= 4 is 21.9 Å². The van der Waals surface area contributed by atoms with E-state index in [1.54, 1.807) is 6.26 Å². The minimum atomic E-state index is -0.547. The first kappa shape index (κ1) is 16.8.